The van der Waals surface area contributed by atoms with Crippen molar-refractivity contribution < 1.29 is 9.53 Å². The van der Waals surface area contributed by atoms with Crippen molar-refractivity contribution in [1.82, 2.24) is 0 Å². The lowest BCUT2D eigenvalue weighted by Gasteiger charge is -2.05. The normalized spacial score (nSPS) is 22.6. The lowest BCUT2D eigenvalue weighted by atomic mass is 10.2. The van der Waals surface area contributed by atoms with Crippen molar-refractivity contribution in [3.63, 3.8) is 0 Å². The fourth-order valence-electron chi connectivity index (χ4n) is 0.457. The summed E-state index contributed by atoms with van der Waals surface area (Å²) in [6.07, 6.45) is 0.937. The van der Waals surface area contributed by atoms with Crippen molar-refractivity contribution in [2.75, 3.05) is 6.61 Å². The Labute approximate surface area is 42.5 Å². The van der Waals surface area contributed by atoms with Gasteiger partial charge in [-0.1, -0.05) is 0 Å². The van der Waals surface area contributed by atoms with Crippen molar-refractivity contribution in [1.29, 1.82) is 0 Å². The Kier molecular flexibility index (Phi) is 1.42. The molecule has 2 heteroatoms. The van der Waals surface area contributed by atoms with E-state index >= 15 is 0 Å². The maximum Gasteiger partial charge on any atom is 0.139 e. The number of ketones is 1. The highest BCUT2D eigenvalue weighted by Crippen LogP contribution is 2.02. The zero-order chi connectivity index (χ0) is 5.11. The Hall–Kier alpha value is -0.370. The van der Waals surface area contributed by atoms with Gasteiger partial charge in [-0.25, -0.2) is 0 Å². The van der Waals surface area contributed by atoms with Gasteiger partial charge in [-0.2, -0.15) is 0 Å². The average molecular weight is 98.1 g/mol. The van der Waals surface area contributed by atoms with Crippen LogP contribution in [0, 0.1) is 6.61 Å². The van der Waals surface area contributed by atoms with E-state index in [9.17, 15) is 4.79 Å². The molecule has 0 amide bonds. The molecule has 1 fully saturated rings. The fourth-order valence-corrected chi connectivity index (χ4v) is 0.457. The van der Waals surface area contributed by atoms with Gasteiger partial charge in [0.15, 0.2) is 0 Å². The minimum atomic E-state index is 0.228. The summed E-state index contributed by atoms with van der Waals surface area (Å²) in [4.78, 5) is 10.3. The van der Waals surface area contributed by atoms with Gasteiger partial charge in [0, 0.05) is 12.8 Å². The van der Waals surface area contributed by atoms with Crippen LogP contribution in [0.25, 0.3) is 0 Å². The molecule has 2 radical (unpaired) electrons. The number of carbonyl (C=O) groups excluding carboxylic acids is 1. The molecular formula is C5H6O2. The van der Waals surface area contributed by atoms with E-state index in [0.29, 0.717) is 19.4 Å². The van der Waals surface area contributed by atoms with Crippen LogP contribution < -0.4 is 0 Å². The van der Waals surface area contributed by atoms with Crippen LogP contribution in [0.2, 0.25) is 0 Å². The molecule has 2 nitrogen and oxygen atoms in total. The van der Waals surface area contributed by atoms with Gasteiger partial charge in [-0.3, -0.25) is 4.79 Å². The standard InChI is InChI=1S/C5H6O2/c6-5-1-3-7-4-2-5/h1-3H2. The molecule has 1 aliphatic rings. The van der Waals surface area contributed by atoms with Gasteiger partial charge in [0.2, 0.25) is 0 Å². The van der Waals surface area contributed by atoms with Gasteiger partial charge < -0.3 is 4.74 Å². The lowest BCUT2D eigenvalue weighted by molar-refractivity contribution is -0.122. The van der Waals surface area contributed by atoms with Crippen molar-refractivity contribution in [3.8, 4) is 0 Å². The van der Waals surface area contributed by atoms with Crippen molar-refractivity contribution in [2.45, 2.75) is 12.8 Å². The largest absolute Gasteiger partial charge is 0.368 e. The van der Waals surface area contributed by atoms with Gasteiger partial charge in [0.1, 0.15) is 12.4 Å². The zero-order valence-corrected chi connectivity index (χ0v) is 3.94. The second kappa shape index (κ2) is 2.07. The van der Waals surface area contributed by atoms with Gasteiger partial charge >= 0.3 is 0 Å². The number of Topliss-reactive ketones (excluding diaryl/α,β-unsaturated/α-hetero) is 1. The van der Waals surface area contributed by atoms with E-state index in [-0.39, 0.29) is 5.78 Å². The van der Waals surface area contributed by atoms with E-state index in [1.165, 1.54) is 0 Å². The molecule has 0 atom stereocenters. The minimum Gasteiger partial charge on any atom is -0.368 e. The summed E-state index contributed by atoms with van der Waals surface area (Å²) in [5.41, 5.74) is 0. The second-order valence-corrected chi connectivity index (χ2v) is 1.46. The molecule has 0 aromatic carbocycles. The number of ether oxygens (including phenoxy) is 1. The number of hydrogen-bond donors (Lipinski definition) is 0. The van der Waals surface area contributed by atoms with Gasteiger partial charge in [0.05, 0.1) is 6.61 Å². The molecule has 7 heavy (non-hydrogen) atoms. The average Bonchev–Trinajstić information content (AvgIpc) is 1.69. The smallest absolute Gasteiger partial charge is 0.139 e. The lowest BCUT2D eigenvalue weighted by Crippen LogP contribution is -2.10. The van der Waals surface area contributed by atoms with Crippen LogP contribution in [0.1, 0.15) is 12.8 Å². The van der Waals surface area contributed by atoms with Crippen LogP contribution in [0.4, 0.5) is 0 Å². The van der Waals surface area contributed by atoms with E-state index in [1.54, 1.807) is 0 Å². The molecule has 0 N–H and O–H groups in total. The Morgan fingerprint density at radius 3 is 2.86 bits per heavy atom. The van der Waals surface area contributed by atoms with Crippen molar-refractivity contribution in [3.05, 3.63) is 6.61 Å². The van der Waals surface area contributed by atoms with Crippen LogP contribution >= 0.6 is 0 Å². The van der Waals surface area contributed by atoms with E-state index in [2.05, 4.69) is 11.3 Å². The maximum atomic E-state index is 10.3. The van der Waals surface area contributed by atoms with Crippen molar-refractivity contribution in [2.24, 2.45) is 0 Å². The van der Waals surface area contributed by atoms with Gasteiger partial charge in [-0.15, -0.1) is 0 Å². The van der Waals surface area contributed by atoms with Crippen molar-refractivity contribution >= 4 is 5.78 Å². The molecular weight excluding hydrogens is 92.1 g/mol. The third-order valence-corrected chi connectivity index (χ3v) is 0.854. The number of rotatable bonds is 0. The first-order valence-corrected chi connectivity index (χ1v) is 2.26. The highest BCUT2D eigenvalue weighted by Gasteiger charge is 2.07. The topological polar surface area (TPSA) is 26.3 Å². The quantitative estimate of drug-likeness (QED) is 0.438. The minimum absolute atomic E-state index is 0.228. The molecule has 0 bridgehead atoms. The summed E-state index contributed by atoms with van der Waals surface area (Å²) in [6.45, 7) is 3.01. The van der Waals surface area contributed by atoms with Crippen LogP contribution in [0.3, 0.4) is 0 Å². The molecule has 1 saturated heterocycles. The molecule has 0 aromatic rings. The highest BCUT2D eigenvalue weighted by molar-refractivity contribution is 5.79. The summed E-state index contributed by atoms with van der Waals surface area (Å²) in [5, 5.41) is 0. The second-order valence-electron chi connectivity index (χ2n) is 1.46. The Morgan fingerprint density at radius 2 is 2.57 bits per heavy atom. The van der Waals surface area contributed by atoms with Crippen LogP contribution in [-0.4, -0.2) is 12.4 Å². The van der Waals surface area contributed by atoms with E-state index in [1.807, 2.05) is 0 Å². The fraction of sp³-hybridized carbons (Fsp3) is 0.600. The molecule has 0 aliphatic carbocycles. The monoisotopic (exact) mass is 98.0 g/mol. The first-order chi connectivity index (χ1) is 3.39. The Bertz CT molecular complexity index is 70.1. The molecule has 1 aliphatic heterocycles. The van der Waals surface area contributed by atoms with E-state index in [4.69, 9.17) is 0 Å². The first-order valence-electron chi connectivity index (χ1n) is 2.26. The van der Waals surface area contributed by atoms with Crippen LogP contribution in [0.5, 0.6) is 0 Å². The summed E-state index contributed by atoms with van der Waals surface area (Å²) < 4.78 is 4.67. The predicted octanol–water partition coefficient (Wildman–Crippen LogP) is 0.405. The van der Waals surface area contributed by atoms with E-state index in [0.717, 1.165) is 0 Å². The first kappa shape index (κ1) is 4.78. The molecule has 1 heterocycles. The zero-order valence-electron chi connectivity index (χ0n) is 3.94. The summed E-state index contributed by atoms with van der Waals surface area (Å²) >= 11 is 0. The highest BCUT2D eigenvalue weighted by atomic mass is 16.5. The molecule has 38 valence electrons. The summed E-state index contributed by atoms with van der Waals surface area (Å²) in [7, 11) is 0. The molecule has 1 rings (SSSR count). The third-order valence-electron chi connectivity index (χ3n) is 0.854. The Balaban J connectivity index is 2.25. The molecule has 0 spiro atoms. The third kappa shape index (κ3) is 1.27. The maximum absolute atomic E-state index is 10.3. The summed E-state index contributed by atoms with van der Waals surface area (Å²) in [6, 6.07) is 0. The molecule has 0 unspecified atom stereocenters. The molecule has 0 aromatic heterocycles. The predicted molar refractivity (Wildman–Crippen MR) is 23.4 cm³/mol. The van der Waals surface area contributed by atoms with Gasteiger partial charge in [-0.05, 0) is 0 Å². The molecule has 0 saturated carbocycles. The van der Waals surface area contributed by atoms with E-state index < -0.39 is 0 Å². The number of hydrogen-bond acceptors (Lipinski definition) is 2. The number of carbonyl (C=O) groups is 1. The van der Waals surface area contributed by atoms with Crippen LogP contribution in [0.15, 0.2) is 0 Å². The SMILES string of the molecule is O=C1C[C]OCC1. The van der Waals surface area contributed by atoms with Crippen LogP contribution in [-0.2, 0) is 9.53 Å². The summed E-state index contributed by atoms with van der Waals surface area (Å²) in [5.74, 6) is 0.228. The Morgan fingerprint density at radius 1 is 1.71 bits per heavy atom. The van der Waals surface area contributed by atoms with Gasteiger partial charge in [0.25, 0.3) is 0 Å².